The Morgan fingerprint density at radius 2 is 2.23 bits per heavy atom. The van der Waals surface area contributed by atoms with Gasteiger partial charge in [0.1, 0.15) is 0 Å². The summed E-state index contributed by atoms with van der Waals surface area (Å²) in [4.78, 5) is 0. The molecule has 2 aliphatic rings. The lowest BCUT2D eigenvalue weighted by molar-refractivity contribution is 0.389. The van der Waals surface area contributed by atoms with Crippen LogP contribution in [-0.4, -0.2) is 12.1 Å². The standard InChI is InChI=1S/C12H19N/c1-3-4-5-6-10-8-11-9(2)7-12(10)13-11/h3,5-6,9-13H,1,4,7-8H2,2H3/b6-5+. The van der Waals surface area contributed by atoms with E-state index in [2.05, 4.69) is 31.0 Å². The van der Waals surface area contributed by atoms with E-state index in [9.17, 15) is 0 Å². The number of rotatable bonds is 3. The molecule has 0 aromatic carbocycles. The number of nitrogens with one attached hydrogen (secondary N) is 1. The van der Waals surface area contributed by atoms with Crippen LogP contribution in [0, 0.1) is 11.8 Å². The molecule has 2 heterocycles. The molecule has 13 heavy (non-hydrogen) atoms. The van der Waals surface area contributed by atoms with E-state index >= 15 is 0 Å². The molecule has 4 atom stereocenters. The molecular weight excluding hydrogens is 158 g/mol. The third-order valence-electron chi connectivity index (χ3n) is 3.47. The summed E-state index contributed by atoms with van der Waals surface area (Å²) in [5.74, 6) is 1.69. The van der Waals surface area contributed by atoms with Gasteiger partial charge in [0, 0.05) is 12.1 Å². The second kappa shape index (κ2) is 3.67. The minimum atomic E-state index is 0.765. The van der Waals surface area contributed by atoms with E-state index in [0.717, 1.165) is 30.3 Å². The van der Waals surface area contributed by atoms with Crippen LogP contribution in [0.3, 0.4) is 0 Å². The van der Waals surface area contributed by atoms with E-state index in [1.807, 2.05) is 6.08 Å². The molecular formula is C12H19N. The fourth-order valence-corrected chi connectivity index (χ4v) is 2.69. The molecule has 2 aliphatic heterocycles. The van der Waals surface area contributed by atoms with Gasteiger partial charge in [0.15, 0.2) is 0 Å². The van der Waals surface area contributed by atoms with Crippen molar-refractivity contribution < 1.29 is 0 Å². The van der Waals surface area contributed by atoms with E-state index in [-0.39, 0.29) is 0 Å². The largest absolute Gasteiger partial charge is 0.310 e. The topological polar surface area (TPSA) is 12.0 Å². The van der Waals surface area contributed by atoms with Crippen molar-refractivity contribution >= 4 is 0 Å². The Labute approximate surface area is 80.9 Å². The fraction of sp³-hybridized carbons (Fsp3) is 0.667. The van der Waals surface area contributed by atoms with Gasteiger partial charge in [-0.15, -0.1) is 6.58 Å². The molecule has 2 rings (SSSR count). The van der Waals surface area contributed by atoms with Gasteiger partial charge in [0.05, 0.1) is 0 Å². The molecule has 72 valence electrons. The average molecular weight is 177 g/mol. The third kappa shape index (κ3) is 1.71. The Bertz CT molecular complexity index is 217. The van der Waals surface area contributed by atoms with Crippen molar-refractivity contribution in [3.05, 3.63) is 24.8 Å². The van der Waals surface area contributed by atoms with Crippen molar-refractivity contribution in [3.63, 3.8) is 0 Å². The number of hydrogen-bond donors (Lipinski definition) is 1. The van der Waals surface area contributed by atoms with Crippen LogP contribution in [0.25, 0.3) is 0 Å². The lowest BCUT2D eigenvalue weighted by Crippen LogP contribution is -2.21. The Hall–Kier alpha value is -0.560. The zero-order valence-electron chi connectivity index (χ0n) is 8.37. The Kier molecular flexibility index (Phi) is 2.54. The maximum absolute atomic E-state index is 3.72. The predicted molar refractivity (Wildman–Crippen MR) is 56.6 cm³/mol. The molecule has 0 saturated carbocycles. The SMILES string of the molecule is C=CC/C=C/C1CC2NC1CC2C. The first-order valence-electron chi connectivity index (χ1n) is 5.35. The maximum atomic E-state index is 3.72. The van der Waals surface area contributed by atoms with Crippen LogP contribution >= 0.6 is 0 Å². The molecule has 2 fully saturated rings. The first kappa shape index (κ1) is 9.01. The number of allylic oxidation sites excluding steroid dienone is 2. The minimum Gasteiger partial charge on any atom is -0.310 e. The summed E-state index contributed by atoms with van der Waals surface area (Å²) >= 11 is 0. The third-order valence-corrected chi connectivity index (χ3v) is 3.47. The van der Waals surface area contributed by atoms with Gasteiger partial charge in [-0.25, -0.2) is 0 Å². The summed E-state index contributed by atoms with van der Waals surface area (Å²) in [6, 6.07) is 1.56. The van der Waals surface area contributed by atoms with Crippen molar-refractivity contribution in [2.75, 3.05) is 0 Å². The highest BCUT2D eigenvalue weighted by molar-refractivity contribution is 5.08. The number of fused-ring (bicyclic) bond motifs is 2. The van der Waals surface area contributed by atoms with Crippen molar-refractivity contribution in [2.45, 2.75) is 38.3 Å². The van der Waals surface area contributed by atoms with Gasteiger partial charge in [-0.2, -0.15) is 0 Å². The molecule has 0 aromatic rings. The highest BCUT2D eigenvalue weighted by atomic mass is 15.0. The van der Waals surface area contributed by atoms with E-state index in [1.165, 1.54) is 12.8 Å². The normalized spacial score (nSPS) is 43.2. The molecule has 0 aliphatic carbocycles. The van der Waals surface area contributed by atoms with Gasteiger partial charge >= 0.3 is 0 Å². The average Bonchev–Trinajstić information content (AvgIpc) is 2.63. The lowest BCUT2D eigenvalue weighted by Gasteiger charge is -2.20. The Morgan fingerprint density at radius 1 is 1.38 bits per heavy atom. The predicted octanol–water partition coefficient (Wildman–Crippen LogP) is 2.51. The van der Waals surface area contributed by atoms with E-state index < -0.39 is 0 Å². The van der Waals surface area contributed by atoms with Gasteiger partial charge in [-0.3, -0.25) is 0 Å². The van der Waals surface area contributed by atoms with Crippen LogP contribution in [0.15, 0.2) is 24.8 Å². The van der Waals surface area contributed by atoms with Gasteiger partial charge in [0.25, 0.3) is 0 Å². The summed E-state index contributed by atoms with van der Waals surface area (Å²) < 4.78 is 0. The smallest absolute Gasteiger partial charge is 0.0136 e. The van der Waals surface area contributed by atoms with Crippen LogP contribution in [0.5, 0.6) is 0 Å². The molecule has 2 bridgehead atoms. The van der Waals surface area contributed by atoms with Crippen LogP contribution in [0.4, 0.5) is 0 Å². The van der Waals surface area contributed by atoms with Crippen LogP contribution < -0.4 is 5.32 Å². The highest BCUT2D eigenvalue weighted by Crippen LogP contribution is 2.37. The molecule has 0 radical (unpaired) electrons. The van der Waals surface area contributed by atoms with Gasteiger partial charge in [-0.05, 0) is 31.1 Å². The summed E-state index contributed by atoms with van der Waals surface area (Å²) in [5.41, 5.74) is 0. The highest BCUT2D eigenvalue weighted by Gasteiger charge is 2.41. The summed E-state index contributed by atoms with van der Waals surface area (Å²) in [6.07, 6.45) is 10.3. The Morgan fingerprint density at radius 3 is 2.77 bits per heavy atom. The zero-order chi connectivity index (χ0) is 9.26. The molecule has 1 N–H and O–H groups in total. The summed E-state index contributed by atoms with van der Waals surface area (Å²) in [6.45, 7) is 6.08. The van der Waals surface area contributed by atoms with Gasteiger partial charge < -0.3 is 5.32 Å². The fourth-order valence-electron chi connectivity index (χ4n) is 2.69. The quantitative estimate of drug-likeness (QED) is 0.653. The molecule has 4 unspecified atom stereocenters. The molecule has 2 saturated heterocycles. The van der Waals surface area contributed by atoms with Crippen LogP contribution in [0.2, 0.25) is 0 Å². The van der Waals surface area contributed by atoms with E-state index in [0.29, 0.717) is 0 Å². The van der Waals surface area contributed by atoms with Crippen molar-refractivity contribution in [2.24, 2.45) is 11.8 Å². The van der Waals surface area contributed by atoms with Gasteiger partial charge in [-0.1, -0.05) is 25.2 Å². The second-order valence-electron chi connectivity index (χ2n) is 4.44. The minimum absolute atomic E-state index is 0.765. The molecule has 0 spiro atoms. The van der Waals surface area contributed by atoms with Crippen LogP contribution in [-0.2, 0) is 0 Å². The van der Waals surface area contributed by atoms with E-state index in [1.54, 1.807) is 0 Å². The number of hydrogen-bond acceptors (Lipinski definition) is 1. The molecule has 0 amide bonds. The molecule has 0 aromatic heterocycles. The van der Waals surface area contributed by atoms with Crippen molar-refractivity contribution in [1.82, 2.24) is 5.32 Å². The monoisotopic (exact) mass is 177 g/mol. The van der Waals surface area contributed by atoms with Gasteiger partial charge in [0.2, 0.25) is 0 Å². The van der Waals surface area contributed by atoms with Crippen LogP contribution in [0.1, 0.15) is 26.2 Å². The summed E-state index contributed by atoms with van der Waals surface area (Å²) in [5, 5.41) is 3.68. The first-order chi connectivity index (χ1) is 6.31. The summed E-state index contributed by atoms with van der Waals surface area (Å²) in [7, 11) is 0. The lowest BCUT2D eigenvalue weighted by atomic mass is 9.83. The van der Waals surface area contributed by atoms with Crippen molar-refractivity contribution in [1.29, 1.82) is 0 Å². The Balaban J connectivity index is 1.88. The van der Waals surface area contributed by atoms with E-state index in [4.69, 9.17) is 0 Å². The molecule has 1 heteroatoms. The first-order valence-corrected chi connectivity index (χ1v) is 5.35. The molecule has 1 nitrogen and oxygen atoms in total. The van der Waals surface area contributed by atoms with Crippen molar-refractivity contribution in [3.8, 4) is 0 Å². The zero-order valence-corrected chi connectivity index (χ0v) is 8.37. The maximum Gasteiger partial charge on any atom is 0.0136 e. The second-order valence-corrected chi connectivity index (χ2v) is 4.44.